The van der Waals surface area contributed by atoms with Crippen molar-refractivity contribution in [3.8, 4) is 0 Å². The topological polar surface area (TPSA) is 75.0 Å². The Bertz CT molecular complexity index is 1150. The highest BCUT2D eigenvalue weighted by Gasteiger charge is 2.36. The van der Waals surface area contributed by atoms with Crippen molar-refractivity contribution in [2.24, 2.45) is 5.73 Å². The van der Waals surface area contributed by atoms with Crippen LogP contribution in [0, 0.1) is 0 Å². The highest BCUT2D eigenvalue weighted by atomic mass is 19.4. The molecule has 1 aromatic carbocycles. The first-order chi connectivity index (χ1) is 15.6. The number of nitrogens with zero attached hydrogens (tertiary/aromatic N) is 2. The predicted octanol–water partition coefficient (Wildman–Crippen LogP) is 4.96. The molecule has 10 heteroatoms. The van der Waals surface area contributed by atoms with E-state index in [9.17, 15) is 26.7 Å². The Morgan fingerprint density at radius 1 is 1.12 bits per heavy atom. The van der Waals surface area contributed by atoms with Gasteiger partial charge >= 0.3 is 6.18 Å². The largest absolute Gasteiger partial charge is 0.418 e. The van der Waals surface area contributed by atoms with Gasteiger partial charge in [-0.05, 0) is 42.2 Å². The van der Waals surface area contributed by atoms with Crippen molar-refractivity contribution in [3.63, 3.8) is 0 Å². The van der Waals surface area contributed by atoms with E-state index in [2.05, 4.69) is 9.97 Å². The zero-order valence-electron chi connectivity index (χ0n) is 17.7. The number of hydrogen-bond acceptors (Lipinski definition) is 3. The minimum absolute atomic E-state index is 0.0252. The van der Waals surface area contributed by atoms with E-state index >= 15 is 0 Å². The summed E-state index contributed by atoms with van der Waals surface area (Å²) in [6, 6.07) is 2.62. The zero-order chi connectivity index (χ0) is 23.8. The van der Waals surface area contributed by atoms with Gasteiger partial charge in [-0.15, -0.1) is 0 Å². The highest BCUT2D eigenvalue weighted by molar-refractivity contribution is 5.97. The maximum absolute atomic E-state index is 13.7. The van der Waals surface area contributed by atoms with Gasteiger partial charge in [0, 0.05) is 31.5 Å². The normalized spacial score (nSPS) is 19.2. The number of carbonyl (C=O) groups excluding carboxylic acids is 1. The molecule has 0 atom stereocenters. The molecule has 3 N–H and O–H groups in total. The molecule has 1 fully saturated rings. The molecule has 1 aliphatic carbocycles. The SMILES string of the molecule is NCc1nc2c(C(F)(F)F)cc(C3=CCCC=C(C(=O)N4CCC(F)(F)CC4)C=C3)cc2[nH]1. The summed E-state index contributed by atoms with van der Waals surface area (Å²) >= 11 is 0. The molecule has 0 spiro atoms. The second kappa shape index (κ2) is 8.74. The molecule has 0 saturated carbocycles. The van der Waals surface area contributed by atoms with Crippen LogP contribution in [0.5, 0.6) is 0 Å². The molecule has 0 bridgehead atoms. The van der Waals surface area contributed by atoms with Crippen LogP contribution in [0.25, 0.3) is 16.6 Å². The van der Waals surface area contributed by atoms with Gasteiger partial charge in [-0.3, -0.25) is 4.79 Å². The van der Waals surface area contributed by atoms with Crippen molar-refractivity contribution in [3.05, 3.63) is 59.0 Å². The summed E-state index contributed by atoms with van der Waals surface area (Å²) in [5.74, 6) is -2.86. The molecule has 1 amide bonds. The van der Waals surface area contributed by atoms with Crippen molar-refractivity contribution in [1.29, 1.82) is 0 Å². The number of fused-ring (bicyclic) bond motifs is 1. The number of aromatic nitrogens is 2. The molecule has 0 unspecified atom stereocenters. The number of halogens is 5. The van der Waals surface area contributed by atoms with Crippen LogP contribution in [-0.4, -0.2) is 39.8 Å². The standard InChI is InChI=1S/C23H23F5N4O/c24-22(25)7-9-32(10-8-22)21(33)15-4-2-1-3-14(5-6-15)16-11-17(23(26,27)28)20-18(12-16)30-19(13-29)31-20/h3-6,11-12H,1-2,7-10,13,29H2,(H,30,31). The number of nitrogens with two attached hydrogens (primary N) is 1. The number of piperidine rings is 1. The lowest BCUT2D eigenvalue weighted by atomic mass is 9.96. The van der Waals surface area contributed by atoms with Gasteiger partial charge in [0.05, 0.1) is 17.6 Å². The van der Waals surface area contributed by atoms with E-state index < -0.39 is 17.7 Å². The van der Waals surface area contributed by atoms with E-state index in [4.69, 9.17) is 5.73 Å². The van der Waals surface area contributed by atoms with E-state index in [1.165, 1.54) is 11.0 Å². The van der Waals surface area contributed by atoms with Crippen LogP contribution in [0.15, 0.2) is 42.0 Å². The lowest BCUT2D eigenvalue weighted by Gasteiger charge is -2.32. The molecule has 2 heterocycles. The van der Waals surface area contributed by atoms with Gasteiger partial charge in [0.15, 0.2) is 0 Å². The van der Waals surface area contributed by atoms with Crippen molar-refractivity contribution in [2.75, 3.05) is 13.1 Å². The number of H-pyrrole nitrogens is 1. The third kappa shape index (κ3) is 5.00. The third-order valence-corrected chi connectivity index (χ3v) is 5.83. The number of aromatic amines is 1. The molecule has 1 aromatic heterocycles. The number of carbonyl (C=O) groups is 1. The third-order valence-electron chi connectivity index (χ3n) is 5.83. The first-order valence-electron chi connectivity index (χ1n) is 10.6. The van der Waals surface area contributed by atoms with E-state index in [0.29, 0.717) is 29.6 Å². The molecule has 1 saturated heterocycles. The van der Waals surface area contributed by atoms with Crippen LogP contribution in [0.4, 0.5) is 22.0 Å². The second-order valence-corrected chi connectivity index (χ2v) is 8.18. The highest BCUT2D eigenvalue weighted by Crippen LogP contribution is 2.37. The van der Waals surface area contributed by atoms with Gasteiger partial charge in [0.1, 0.15) is 11.3 Å². The van der Waals surface area contributed by atoms with Crippen LogP contribution >= 0.6 is 0 Å². The molecule has 4 rings (SSSR count). The predicted molar refractivity (Wildman–Crippen MR) is 114 cm³/mol. The average molecular weight is 466 g/mol. The molecular weight excluding hydrogens is 443 g/mol. The first kappa shape index (κ1) is 23.2. The summed E-state index contributed by atoms with van der Waals surface area (Å²) in [5.41, 5.74) is 5.87. The summed E-state index contributed by atoms with van der Waals surface area (Å²) in [6.45, 7) is -0.0914. The van der Waals surface area contributed by atoms with Crippen molar-refractivity contribution < 1.29 is 26.7 Å². The Kier molecular flexibility index (Phi) is 6.13. The van der Waals surface area contributed by atoms with Gasteiger partial charge in [-0.2, -0.15) is 13.2 Å². The number of allylic oxidation sites excluding steroid dienone is 4. The van der Waals surface area contributed by atoms with Gasteiger partial charge in [-0.1, -0.05) is 18.2 Å². The fourth-order valence-electron chi connectivity index (χ4n) is 4.03. The lowest BCUT2D eigenvalue weighted by Crippen LogP contribution is -2.43. The Balaban J connectivity index is 1.64. The number of rotatable bonds is 3. The quantitative estimate of drug-likeness (QED) is 0.628. The number of likely N-dealkylation sites (tertiary alicyclic amines) is 1. The molecule has 2 aromatic rings. The molecule has 176 valence electrons. The van der Waals surface area contributed by atoms with E-state index in [1.54, 1.807) is 24.3 Å². The molecule has 0 radical (unpaired) electrons. The zero-order valence-corrected chi connectivity index (χ0v) is 17.7. The number of benzene rings is 1. The number of amides is 1. The molecule has 5 nitrogen and oxygen atoms in total. The summed E-state index contributed by atoms with van der Waals surface area (Å²) < 4.78 is 68.0. The van der Waals surface area contributed by atoms with Crippen LogP contribution in [0.2, 0.25) is 0 Å². The minimum atomic E-state index is -4.61. The van der Waals surface area contributed by atoms with Crippen LogP contribution in [-0.2, 0) is 17.5 Å². The fraction of sp³-hybridized carbons (Fsp3) is 0.391. The fourth-order valence-corrected chi connectivity index (χ4v) is 4.03. The molecular formula is C23H23F5N4O. The Morgan fingerprint density at radius 2 is 1.82 bits per heavy atom. The van der Waals surface area contributed by atoms with Crippen LogP contribution in [0.1, 0.15) is 42.6 Å². The summed E-state index contributed by atoms with van der Waals surface area (Å²) in [7, 11) is 0. The van der Waals surface area contributed by atoms with E-state index in [0.717, 1.165) is 6.07 Å². The minimum Gasteiger partial charge on any atom is -0.341 e. The average Bonchev–Trinajstić information content (AvgIpc) is 3.15. The summed E-state index contributed by atoms with van der Waals surface area (Å²) in [4.78, 5) is 21.0. The number of imidazole rings is 1. The molecule has 33 heavy (non-hydrogen) atoms. The monoisotopic (exact) mass is 466 g/mol. The molecule has 2 aliphatic rings. The maximum Gasteiger partial charge on any atom is 0.418 e. The molecule has 1 aliphatic heterocycles. The maximum atomic E-state index is 13.7. The van der Waals surface area contributed by atoms with Crippen molar-refractivity contribution >= 4 is 22.5 Å². The van der Waals surface area contributed by atoms with Crippen LogP contribution < -0.4 is 5.73 Å². The number of nitrogens with one attached hydrogen (secondary N) is 1. The Hall–Kier alpha value is -3.01. The smallest absolute Gasteiger partial charge is 0.341 e. The van der Waals surface area contributed by atoms with Crippen molar-refractivity contribution in [2.45, 2.75) is 44.3 Å². The van der Waals surface area contributed by atoms with E-state index in [-0.39, 0.29) is 55.2 Å². The number of alkyl halides is 5. The Labute approximate surface area is 186 Å². The van der Waals surface area contributed by atoms with Crippen LogP contribution in [0.3, 0.4) is 0 Å². The van der Waals surface area contributed by atoms with Gasteiger partial charge in [-0.25, -0.2) is 13.8 Å². The van der Waals surface area contributed by atoms with E-state index in [1.807, 2.05) is 0 Å². The Morgan fingerprint density at radius 3 is 2.48 bits per heavy atom. The number of hydrogen-bond donors (Lipinski definition) is 2. The lowest BCUT2D eigenvalue weighted by molar-refractivity contribution is -0.136. The van der Waals surface area contributed by atoms with Gasteiger partial charge in [0.25, 0.3) is 11.8 Å². The second-order valence-electron chi connectivity index (χ2n) is 8.18. The summed E-state index contributed by atoms with van der Waals surface area (Å²) in [5, 5.41) is 0. The van der Waals surface area contributed by atoms with Crippen molar-refractivity contribution in [1.82, 2.24) is 14.9 Å². The first-order valence-corrected chi connectivity index (χ1v) is 10.6. The summed E-state index contributed by atoms with van der Waals surface area (Å²) in [6.07, 6.45) is 2.28. The van der Waals surface area contributed by atoms with Gasteiger partial charge in [0.2, 0.25) is 0 Å². The van der Waals surface area contributed by atoms with Gasteiger partial charge < -0.3 is 15.6 Å².